The molecule has 0 spiro atoms. The van der Waals surface area contributed by atoms with Crippen molar-refractivity contribution in [3.8, 4) is 0 Å². The number of hydrogen-bond acceptors (Lipinski definition) is 6. The van der Waals surface area contributed by atoms with E-state index in [2.05, 4.69) is 15.5 Å². The normalized spacial score (nSPS) is 11.9. The topological polar surface area (TPSA) is 92.3 Å². The second kappa shape index (κ2) is 9.38. The molecular formula is C18H26N4O3S2. The maximum Gasteiger partial charge on any atom is 0.257 e. The van der Waals surface area contributed by atoms with Gasteiger partial charge in [0.25, 0.3) is 5.91 Å². The van der Waals surface area contributed by atoms with Crippen molar-refractivity contribution in [2.75, 3.05) is 18.4 Å². The van der Waals surface area contributed by atoms with Gasteiger partial charge >= 0.3 is 0 Å². The number of anilines is 1. The van der Waals surface area contributed by atoms with Gasteiger partial charge in [-0.25, -0.2) is 8.42 Å². The first kappa shape index (κ1) is 21.5. The van der Waals surface area contributed by atoms with Gasteiger partial charge in [-0.05, 0) is 37.1 Å². The van der Waals surface area contributed by atoms with Crippen LogP contribution in [0.15, 0.2) is 29.2 Å². The van der Waals surface area contributed by atoms with Gasteiger partial charge in [-0.2, -0.15) is 4.31 Å². The summed E-state index contributed by atoms with van der Waals surface area (Å²) in [6.45, 7) is 8.87. The molecule has 0 unspecified atom stereocenters. The number of hydrogen-bond donors (Lipinski definition) is 1. The Labute approximate surface area is 164 Å². The number of sulfonamides is 1. The van der Waals surface area contributed by atoms with Crippen LogP contribution in [0.2, 0.25) is 0 Å². The Morgan fingerprint density at radius 1 is 1.11 bits per heavy atom. The van der Waals surface area contributed by atoms with E-state index in [1.165, 1.54) is 39.9 Å². The van der Waals surface area contributed by atoms with Gasteiger partial charge in [-0.1, -0.05) is 39.0 Å². The van der Waals surface area contributed by atoms with E-state index in [0.29, 0.717) is 23.8 Å². The predicted octanol–water partition coefficient (Wildman–Crippen LogP) is 3.72. The van der Waals surface area contributed by atoms with Crippen molar-refractivity contribution in [1.29, 1.82) is 0 Å². The van der Waals surface area contributed by atoms with Crippen LogP contribution in [0.4, 0.5) is 5.13 Å². The number of nitrogens with one attached hydrogen (secondary N) is 1. The van der Waals surface area contributed by atoms with Gasteiger partial charge in [-0.15, -0.1) is 10.2 Å². The molecule has 0 radical (unpaired) electrons. The van der Waals surface area contributed by atoms with Gasteiger partial charge in [0.05, 0.1) is 4.90 Å². The number of amides is 1. The smallest absolute Gasteiger partial charge is 0.257 e. The molecule has 0 saturated heterocycles. The van der Waals surface area contributed by atoms with Gasteiger partial charge in [0.1, 0.15) is 5.01 Å². The van der Waals surface area contributed by atoms with E-state index in [4.69, 9.17) is 0 Å². The lowest BCUT2D eigenvalue weighted by Gasteiger charge is -2.21. The summed E-state index contributed by atoms with van der Waals surface area (Å²) in [5.41, 5.74) is 0.368. The Kier molecular flexibility index (Phi) is 7.46. The van der Waals surface area contributed by atoms with Gasteiger partial charge in [0.15, 0.2) is 0 Å². The highest BCUT2D eigenvalue weighted by molar-refractivity contribution is 7.89. The Bertz CT molecular complexity index is 855. The molecule has 0 atom stereocenters. The SMILES string of the molecule is CCCN(CCC)S(=O)(=O)c1ccc(C(=O)Nc2nnc(C(C)C)s2)cc1. The number of carbonyl (C=O) groups is 1. The fourth-order valence-electron chi connectivity index (χ4n) is 2.47. The summed E-state index contributed by atoms with van der Waals surface area (Å²) in [4.78, 5) is 12.6. The van der Waals surface area contributed by atoms with Crippen LogP contribution in [0.3, 0.4) is 0 Å². The third-order valence-electron chi connectivity index (χ3n) is 3.86. The maximum absolute atomic E-state index is 12.8. The summed E-state index contributed by atoms with van der Waals surface area (Å²) < 4.78 is 27.0. The van der Waals surface area contributed by atoms with Crippen molar-refractivity contribution >= 4 is 32.4 Å². The quantitative estimate of drug-likeness (QED) is 0.680. The Hall–Kier alpha value is -1.84. The molecule has 1 aromatic carbocycles. The summed E-state index contributed by atoms with van der Waals surface area (Å²) in [5.74, 6) is -0.101. The highest BCUT2D eigenvalue weighted by Crippen LogP contribution is 2.23. The van der Waals surface area contributed by atoms with Crippen molar-refractivity contribution in [1.82, 2.24) is 14.5 Å². The molecule has 1 N–H and O–H groups in total. The van der Waals surface area contributed by atoms with Gasteiger partial charge < -0.3 is 0 Å². The zero-order valence-corrected chi connectivity index (χ0v) is 17.7. The largest absolute Gasteiger partial charge is 0.296 e. The van der Waals surface area contributed by atoms with Gasteiger partial charge in [-0.3, -0.25) is 10.1 Å². The average molecular weight is 411 g/mol. The van der Waals surface area contributed by atoms with Crippen LogP contribution >= 0.6 is 11.3 Å². The van der Waals surface area contributed by atoms with Crippen LogP contribution in [0.5, 0.6) is 0 Å². The summed E-state index contributed by atoms with van der Waals surface area (Å²) in [7, 11) is -3.55. The number of benzene rings is 1. The van der Waals surface area contributed by atoms with E-state index in [0.717, 1.165) is 17.8 Å². The predicted molar refractivity (Wildman–Crippen MR) is 108 cm³/mol. The third kappa shape index (κ3) is 5.33. The van der Waals surface area contributed by atoms with E-state index >= 15 is 0 Å². The molecule has 1 heterocycles. The molecule has 1 aromatic heterocycles. The van der Waals surface area contributed by atoms with Crippen LogP contribution in [0.25, 0.3) is 0 Å². The standard InChI is InChI=1S/C18H26N4O3S2/c1-5-11-22(12-6-2)27(24,25)15-9-7-14(8-10-15)16(23)19-18-21-20-17(26-18)13(3)4/h7-10,13H,5-6,11-12H2,1-4H3,(H,19,21,23). The summed E-state index contributed by atoms with van der Waals surface area (Å²) in [6.07, 6.45) is 1.50. The number of carbonyl (C=O) groups excluding carboxylic acids is 1. The first-order valence-electron chi connectivity index (χ1n) is 9.04. The molecular weight excluding hydrogens is 384 g/mol. The summed E-state index contributed by atoms with van der Waals surface area (Å²) in [5, 5.41) is 12.0. The fourth-order valence-corrected chi connectivity index (χ4v) is 4.83. The second-order valence-corrected chi connectivity index (χ2v) is 9.43. The molecule has 0 saturated carbocycles. The van der Waals surface area contributed by atoms with Crippen LogP contribution in [0, 0.1) is 0 Å². The first-order valence-corrected chi connectivity index (χ1v) is 11.3. The van der Waals surface area contributed by atoms with Gasteiger partial charge in [0.2, 0.25) is 15.2 Å². The molecule has 0 aliphatic heterocycles. The summed E-state index contributed by atoms with van der Waals surface area (Å²) in [6, 6.07) is 5.98. The Balaban J connectivity index is 2.14. The van der Waals surface area contributed by atoms with Crippen LogP contribution in [0.1, 0.15) is 61.8 Å². The van der Waals surface area contributed by atoms with Crippen LogP contribution < -0.4 is 5.32 Å². The third-order valence-corrected chi connectivity index (χ3v) is 6.91. The molecule has 0 fully saturated rings. The van der Waals surface area contributed by atoms with Gasteiger partial charge in [0, 0.05) is 24.6 Å². The molecule has 1 amide bonds. The van der Waals surface area contributed by atoms with Crippen LogP contribution in [-0.4, -0.2) is 41.9 Å². The molecule has 0 aliphatic rings. The molecule has 0 aliphatic carbocycles. The Morgan fingerprint density at radius 3 is 2.19 bits per heavy atom. The van der Waals surface area contributed by atoms with E-state index in [9.17, 15) is 13.2 Å². The van der Waals surface area contributed by atoms with E-state index in [-0.39, 0.29) is 16.7 Å². The Morgan fingerprint density at radius 2 is 1.70 bits per heavy atom. The molecule has 7 nitrogen and oxygen atoms in total. The minimum atomic E-state index is -3.55. The van der Waals surface area contributed by atoms with E-state index in [1.807, 2.05) is 27.7 Å². The molecule has 148 valence electrons. The van der Waals surface area contributed by atoms with E-state index < -0.39 is 10.0 Å². The van der Waals surface area contributed by atoms with Crippen molar-refractivity contribution in [3.05, 3.63) is 34.8 Å². The van der Waals surface area contributed by atoms with E-state index in [1.54, 1.807) is 0 Å². The molecule has 2 rings (SSSR count). The lowest BCUT2D eigenvalue weighted by molar-refractivity contribution is 0.102. The number of rotatable bonds is 9. The number of aromatic nitrogens is 2. The average Bonchev–Trinajstić information content (AvgIpc) is 3.10. The first-order chi connectivity index (χ1) is 12.8. The minimum Gasteiger partial charge on any atom is -0.296 e. The maximum atomic E-state index is 12.8. The minimum absolute atomic E-state index is 0.193. The highest BCUT2D eigenvalue weighted by Gasteiger charge is 2.23. The molecule has 0 bridgehead atoms. The van der Waals surface area contributed by atoms with Crippen molar-refractivity contribution in [2.45, 2.75) is 51.3 Å². The molecule has 9 heteroatoms. The second-order valence-electron chi connectivity index (χ2n) is 6.48. The van der Waals surface area contributed by atoms with Crippen molar-refractivity contribution < 1.29 is 13.2 Å². The molecule has 2 aromatic rings. The lowest BCUT2D eigenvalue weighted by Crippen LogP contribution is -2.32. The van der Waals surface area contributed by atoms with Crippen molar-refractivity contribution in [3.63, 3.8) is 0 Å². The fraction of sp³-hybridized carbons (Fsp3) is 0.500. The van der Waals surface area contributed by atoms with Crippen LogP contribution in [-0.2, 0) is 10.0 Å². The highest BCUT2D eigenvalue weighted by atomic mass is 32.2. The lowest BCUT2D eigenvalue weighted by atomic mass is 10.2. The zero-order chi connectivity index (χ0) is 20.0. The van der Waals surface area contributed by atoms with Crippen molar-refractivity contribution in [2.24, 2.45) is 0 Å². The monoisotopic (exact) mass is 410 g/mol. The summed E-state index contributed by atoms with van der Waals surface area (Å²) >= 11 is 1.33. The molecule has 27 heavy (non-hydrogen) atoms. The number of nitrogens with zero attached hydrogens (tertiary/aromatic N) is 3. The zero-order valence-electron chi connectivity index (χ0n) is 16.1.